The van der Waals surface area contributed by atoms with Gasteiger partial charge in [-0.05, 0) is 86.7 Å². The molecule has 8 heteroatoms. The van der Waals surface area contributed by atoms with E-state index in [4.69, 9.17) is 0 Å². The predicted octanol–water partition coefficient (Wildman–Crippen LogP) is 5.60. The number of hydrogen-bond donors (Lipinski definition) is 3. The maximum atomic E-state index is 14.1. The Morgan fingerprint density at radius 1 is 1.21 bits per heavy atom. The number of aromatic nitrogens is 1. The Balaban J connectivity index is 1.83. The molecule has 6 nitrogen and oxygen atoms in total. The average Bonchev–Trinajstić information content (AvgIpc) is 3.39. The lowest BCUT2D eigenvalue weighted by Crippen LogP contribution is -2.36. The summed E-state index contributed by atoms with van der Waals surface area (Å²) in [5, 5.41) is 6.08. The van der Waals surface area contributed by atoms with Gasteiger partial charge in [0.25, 0.3) is 11.8 Å². The van der Waals surface area contributed by atoms with Crippen molar-refractivity contribution in [1.82, 2.24) is 15.2 Å². The highest BCUT2D eigenvalue weighted by molar-refractivity contribution is 7.98. The van der Waals surface area contributed by atoms with Gasteiger partial charge in [0.05, 0.1) is 11.1 Å². The molecule has 4 rings (SSSR count). The highest BCUT2D eigenvalue weighted by Crippen LogP contribution is 2.41. The monoisotopic (exact) mass is 534 g/mol. The SMILES string of the molecule is CCN(CCNC)C(=O)c1c(C)[nH]c(/C=C2\C(=O)Nc3cccc(-c4cccc(F)c4)c32)c1CCCSC. The van der Waals surface area contributed by atoms with Crippen molar-refractivity contribution < 1.29 is 14.0 Å². The Kier molecular flexibility index (Phi) is 9.07. The molecule has 0 aliphatic carbocycles. The summed E-state index contributed by atoms with van der Waals surface area (Å²) in [5.74, 6) is 0.416. The second kappa shape index (κ2) is 12.5. The molecule has 0 saturated carbocycles. The molecule has 0 fully saturated rings. The topological polar surface area (TPSA) is 77.2 Å². The first kappa shape index (κ1) is 27.7. The predicted molar refractivity (Wildman–Crippen MR) is 156 cm³/mol. The first-order valence-corrected chi connectivity index (χ1v) is 14.4. The summed E-state index contributed by atoms with van der Waals surface area (Å²) >= 11 is 1.77. The highest BCUT2D eigenvalue weighted by atomic mass is 32.2. The molecule has 2 heterocycles. The fourth-order valence-corrected chi connectivity index (χ4v) is 5.44. The number of rotatable bonds is 11. The van der Waals surface area contributed by atoms with E-state index in [2.05, 4.69) is 21.9 Å². The normalized spacial score (nSPS) is 13.6. The lowest BCUT2D eigenvalue weighted by Gasteiger charge is -2.21. The summed E-state index contributed by atoms with van der Waals surface area (Å²) < 4.78 is 14.1. The molecule has 1 aromatic heterocycles. The number of thioether (sulfide) groups is 1. The van der Waals surface area contributed by atoms with Gasteiger partial charge in [0, 0.05) is 42.3 Å². The summed E-state index contributed by atoms with van der Waals surface area (Å²) in [6.07, 6.45) is 5.55. The standard InChI is InChI=1S/C30H35FN4O2S/c1-5-35(15-14-32-3)30(37)27-19(2)33-26(23(27)12-8-16-38-4)18-24-28-22(20-9-6-10-21(31)17-20)11-7-13-25(28)34-29(24)36/h6-7,9-11,13,17-18,32-33H,5,8,12,14-16H2,1-4H3,(H,34,36)/b24-18-. The zero-order chi connectivity index (χ0) is 27.2. The number of fused-ring (bicyclic) bond motifs is 1. The summed E-state index contributed by atoms with van der Waals surface area (Å²) in [7, 11) is 1.88. The molecule has 2 aromatic carbocycles. The minimum absolute atomic E-state index is 0.00275. The number of benzene rings is 2. The van der Waals surface area contributed by atoms with E-state index in [0.717, 1.165) is 46.7 Å². The van der Waals surface area contributed by atoms with Crippen LogP contribution in [0, 0.1) is 12.7 Å². The van der Waals surface area contributed by atoms with Crippen molar-refractivity contribution in [2.45, 2.75) is 26.7 Å². The van der Waals surface area contributed by atoms with Gasteiger partial charge in [0.2, 0.25) is 0 Å². The second-order valence-electron chi connectivity index (χ2n) is 9.35. The third-order valence-electron chi connectivity index (χ3n) is 6.86. The zero-order valence-corrected chi connectivity index (χ0v) is 23.2. The van der Waals surface area contributed by atoms with Crippen molar-refractivity contribution in [1.29, 1.82) is 0 Å². The fraction of sp³-hybridized carbons (Fsp3) is 0.333. The molecule has 2 amide bonds. The Morgan fingerprint density at radius 3 is 2.71 bits per heavy atom. The molecule has 200 valence electrons. The molecule has 1 aliphatic heterocycles. The van der Waals surface area contributed by atoms with Crippen molar-refractivity contribution in [2.24, 2.45) is 0 Å². The van der Waals surface area contributed by atoms with E-state index in [1.54, 1.807) is 17.8 Å². The quantitative estimate of drug-likeness (QED) is 0.221. The summed E-state index contributed by atoms with van der Waals surface area (Å²) in [4.78, 5) is 32.1. The van der Waals surface area contributed by atoms with Crippen LogP contribution in [0.4, 0.5) is 10.1 Å². The first-order chi connectivity index (χ1) is 18.4. The van der Waals surface area contributed by atoms with E-state index in [9.17, 15) is 14.0 Å². The van der Waals surface area contributed by atoms with Crippen LogP contribution in [0.3, 0.4) is 0 Å². The lowest BCUT2D eigenvalue weighted by atomic mass is 9.93. The van der Waals surface area contributed by atoms with Crippen LogP contribution in [-0.4, -0.2) is 60.4 Å². The number of nitrogens with zero attached hydrogens (tertiary/aromatic N) is 1. The van der Waals surface area contributed by atoms with Gasteiger partial charge in [0.1, 0.15) is 5.82 Å². The zero-order valence-electron chi connectivity index (χ0n) is 22.4. The number of carbonyl (C=O) groups excluding carboxylic acids is 2. The Hall–Kier alpha value is -3.36. The fourth-order valence-electron chi connectivity index (χ4n) is 5.00. The van der Waals surface area contributed by atoms with Gasteiger partial charge >= 0.3 is 0 Å². The molecule has 3 N–H and O–H groups in total. The second-order valence-corrected chi connectivity index (χ2v) is 10.3. The van der Waals surface area contributed by atoms with Crippen molar-refractivity contribution in [3.8, 4) is 11.1 Å². The van der Waals surface area contributed by atoms with E-state index >= 15 is 0 Å². The summed E-state index contributed by atoms with van der Waals surface area (Å²) in [5.41, 5.74) is 6.58. The van der Waals surface area contributed by atoms with Crippen LogP contribution in [0.1, 0.15) is 46.2 Å². The van der Waals surface area contributed by atoms with Crippen LogP contribution >= 0.6 is 11.8 Å². The van der Waals surface area contributed by atoms with Crippen molar-refractivity contribution in [3.05, 3.63) is 76.4 Å². The largest absolute Gasteiger partial charge is 0.358 e. The van der Waals surface area contributed by atoms with E-state index in [0.29, 0.717) is 42.0 Å². The van der Waals surface area contributed by atoms with Crippen LogP contribution in [-0.2, 0) is 11.2 Å². The number of hydrogen-bond acceptors (Lipinski definition) is 4. The number of halogens is 1. The van der Waals surface area contributed by atoms with Gasteiger partial charge in [-0.15, -0.1) is 0 Å². The minimum atomic E-state index is -0.333. The molecule has 0 unspecified atom stereocenters. The molecule has 38 heavy (non-hydrogen) atoms. The van der Waals surface area contributed by atoms with Crippen LogP contribution in [0.15, 0.2) is 42.5 Å². The third kappa shape index (κ3) is 5.71. The molecule has 1 aliphatic rings. The van der Waals surface area contributed by atoms with E-state index < -0.39 is 0 Å². The maximum Gasteiger partial charge on any atom is 0.256 e. The summed E-state index contributed by atoms with van der Waals surface area (Å²) in [6.45, 7) is 5.84. The van der Waals surface area contributed by atoms with Crippen LogP contribution in [0.5, 0.6) is 0 Å². The Morgan fingerprint density at radius 2 is 2.00 bits per heavy atom. The molecular weight excluding hydrogens is 499 g/mol. The Labute approximate surface area is 228 Å². The number of carbonyl (C=O) groups is 2. The number of nitrogens with one attached hydrogen (secondary N) is 3. The lowest BCUT2D eigenvalue weighted by molar-refractivity contribution is -0.110. The number of likely N-dealkylation sites (N-methyl/N-ethyl adjacent to an activating group) is 2. The first-order valence-electron chi connectivity index (χ1n) is 13.0. The smallest absolute Gasteiger partial charge is 0.256 e. The summed E-state index contributed by atoms with van der Waals surface area (Å²) in [6, 6.07) is 12.0. The maximum absolute atomic E-state index is 14.1. The average molecular weight is 535 g/mol. The van der Waals surface area contributed by atoms with Gasteiger partial charge in [-0.25, -0.2) is 4.39 Å². The molecule has 0 bridgehead atoms. The molecule has 0 spiro atoms. The van der Waals surface area contributed by atoms with Gasteiger partial charge in [-0.3, -0.25) is 9.59 Å². The van der Waals surface area contributed by atoms with Crippen molar-refractivity contribution >= 4 is 40.9 Å². The molecule has 0 radical (unpaired) electrons. The van der Waals surface area contributed by atoms with Crippen LogP contribution < -0.4 is 10.6 Å². The number of aryl methyl sites for hydroxylation is 1. The molecule has 3 aromatic rings. The van der Waals surface area contributed by atoms with Crippen LogP contribution in [0.25, 0.3) is 22.8 Å². The van der Waals surface area contributed by atoms with Gasteiger partial charge in [0.15, 0.2) is 0 Å². The van der Waals surface area contributed by atoms with Gasteiger partial charge < -0.3 is 20.5 Å². The third-order valence-corrected chi connectivity index (χ3v) is 7.56. The van der Waals surface area contributed by atoms with Crippen molar-refractivity contribution in [3.63, 3.8) is 0 Å². The Bertz CT molecular complexity index is 1360. The van der Waals surface area contributed by atoms with Gasteiger partial charge in [-0.2, -0.15) is 11.8 Å². The molecule has 0 atom stereocenters. The van der Waals surface area contributed by atoms with E-state index in [1.165, 1.54) is 12.1 Å². The number of H-pyrrole nitrogens is 1. The van der Waals surface area contributed by atoms with Crippen LogP contribution in [0.2, 0.25) is 0 Å². The minimum Gasteiger partial charge on any atom is -0.358 e. The van der Waals surface area contributed by atoms with E-state index in [-0.39, 0.29) is 17.6 Å². The van der Waals surface area contributed by atoms with Gasteiger partial charge in [-0.1, -0.05) is 24.3 Å². The highest BCUT2D eigenvalue weighted by Gasteiger charge is 2.29. The molecule has 0 saturated heterocycles. The molecular formula is C30H35FN4O2S. The van der Waals surface area contributed by atoms with E-state index in [1.807, 2.05) is 56.1 Å². The number of anilines is 1. The number of amides is 2. The van der Waals surface area contributed by atoms with Crippen molar-refractivity contribution in [2.75, 3.05) is 44.0 Å². The number of aromatic amines is 1.